The van der Waals surface area contributed by atoms with E-state index in [0.717, 1.165) is 28.2 Å². The summed E-state index contributed by atoms with van der Waals surface area (Å²) in [5.41, 5.74) is 1.81. The van der Waals surface area contributed by atoms with Crippen molar-refractivity contribution in [2.75, 3.05) is 4.72 Å². The predicted octanol–water partition coefficient (Wildman–Crippen LogP) is 2.31. The first-order valence-corrected chi connectivity index (χ1v) is 10.6. The average molecular weight is 407 g/mol. The van der Waals surface area contributed by atoms with Crippen LogP contribution in [0.4, 0.5) is 5.69 Å². The Balaban J connectivity index is 1.75. The summed E-state index contributed by atoms with van der Waals surface area (Å²) in [5, 5.41) is 0. The fraction of sp³-hybridized carbons (Fsp3) is 0.125. The molecule has 0 aliphatic carbocycles. The second-order valence-corrected chi connectivity index (χ2v) is 9.44. The Bertz CT molecular complexity index is 1390. The molecule has 0 saturated carbocycles. The molecular formula is C16H13N3O4S3. The first-order valence-electron chi connectivity index (χ1n) is 7.48. The molecule has 0 aliphatic heterocycles. The third kappa shape index (κ3) is 2.66. The van der Waals surface area contributed by atoms with Gasteiger partial charge in [0.1, 0.15) is 0 Å². The molecule has 0 bridgehead atoms. The molecule has 4 rings (SSSR count). The number of hydrogen-bond donors (Lipinski definition) is 1. The molecule has 0 radical (unpaired) electrons. The van der Waals surface area contributed by atoms with Gasteiger partial charge in [0.15, 0.2) is 0 Å². The lowest BCUT2D eigenvalue weighted by atomic mass is 10.3. The Kier molecular flexibility index (Phi) is 3.79. The van der Waals surface area contributed by atoms with Crippen LogP contribution in [0.15, 0.2) is 50.9 Å². The van der Waals surface area contributed by atoms with Crippen LogP contribution in [-0.2, 0) is 24.1 Å². The van der Waals surface area contributed by atoms with Crippen LogP contribution in [0, 0.1) is 0 Å². The number of nitrogens with one attached hydrogen (secondary N) is 1. The number of hydrogen-bond acceptors (Lipinski definition) is 6. The molecule has 0 saturated heterocycles. The van der Waals surface area contributed by atoms with Crippen LogP contribution in [0.3, 0.4) is 0 Å². The van der Waals surface area contributed by atoms with Crippen molar-refractivity contribution in [2.45, 2.75) is 4.90 Å². The molecular weight excluding hydrogens is 394 g/mol. The minimum Gasteiger partial charge on any atom is -0.302 e. The van der Waals surface area contributed by atoms with Gasteiger partial charge in [-0.3, -0.25) is 14.3 Å². The number of aromatic nitrogens is 2. The van der Waals surface area contributed by atoms with Crippen molar-refractivity contribution in [1.82, 2.24) is 9.13 Å². The average Bonchev–Trinajstić information content (AvgIpc) is 3.03. The monoisotopic (exact) mass is 407 g/mol. The van der Waals surface area contributed by atoms with Crippen LogP contribution in [0.25, 0.3) is 20.4 Å². The highest BCUT2D eigenvalue weighted by Gasteiger charge is 2.17. The summed E-state index contributed by atoms with van der Waals surface area (Å²) < 4.78 is 32.2. The normalized spacial score (nSPS) is 12.1. The van der Waals surface area contributed by atoms with Crippen LogP contribution >= 0.6 is 22.7 Å². The molecule has 2 aromatic carbocycles. The zero-order valence-electron chi connectivity index (χ0n) is 13.7. The highest BCUT2D eigenvalue weighted by atomic mass is 32.2. The van der Waals surface area contributed by atoms with Gasteiger partial charge in [0.25, 0.3) is 10.0 Å². The van der Waals surface area contributed by atoms with Crippen LogP contribution in [0.2, 0.25) is 0 Å². The quantitative estimate of drug-likeness (QED) is 0.564. The fourth-order valence-corrected chi connectivity index (χ4v) is 5.68. The highest BCUT2D eigenvalue weighted by Crippen LogP contribution is 2.25. The molecule has 2 heterocycles. The number of aryl methyl sites for hydroxylation is 2. The standard InChI is InChI=1S/C16H13N3O4S3/c1-18-11-5-3-9(7-13(11)24-15(18)20)17-26(22,23)10-4-6-12-14(8-10)25-16(21)19(12)2/h3-8,17H,1-2H3. The van der Waals surface area contributed by atoms with Crippen molar-refractivity contribution < 1.29 is 8.42 Å². The Morgan fingerprint density at radius 3 is 2.00 bits per heavy atom. The Labute approximate surface area is 155 Å². The summed E-state index contributed by atoms with van der Waals surface area (Å²) in [5.74, 6) is 0. The van der Waals surface area contributed by atoms with Crippen molar-refractivity contribution in [3.05, 3.63) is 55.7 Å². The van der Waals surface area contributed by atoms with E-state index >= 15 is 0 Å². The van der Waals surface area contributed by atoms with Gasteiger partial charge in [-0.1, -0.05) is 22.7 Å². The van der Waals surface area contributed by atoms with Crippen molar-refractivity contribution in [3.63, 3.8) is 0 Å². The van der Waals surface area contributed by atoms with Gasteiger partial charge >= 0.3 is 9.75 Å². The molecule has 4 aromatic rings. The van der Waals surface area contributed by atoms with Gasteiger partial charge in [0, 0.05) is 14.1 Å². The van der Waals surface area contributed by atoms with Gasteiger partial charge in [0.2, 0.25) is 0 Å². The zero-order chi connectivity index (χ0) is 18.6. The maximum atomic E-state index is 12.7. The van der Waals surface area contributed by atoms with Crippen LogP contribution < -0.4 is 14.5 Å². The molecule has 2 aromatic heterocycles. The molecule has 26 heavy (non-hydrogen) atoms. The number of anilines is 1. The van der Waals surface area contributed by atoms with Gasteiger partial charge < -0.3 is 9.13 Å². The maximum absolute atomic E-state index is 12.7. The summed E-state index contributed by atoms with van der Waals surface area (Å²) in [6, 6.07) is 9.54. The summed E-state index contributed by atoms with van der Waals surface area (Å²) in [7, 11) is -0.496. The molecule has 0 spiro atoms. The number of fused-ring (bicyclic) bond motifs is 2. The first-order chi connectivity index (χ1) is 12.3. The molecule has 10 heteroatoms. The van der Waals surface area contributed by atoms with E-state index in [2.05, 4.69) is 4.72 Å². The minimum absolute atomic E-state index is 0.0770. The number of thiazole rings is 2. The Morgan fingerprint density at radius 1 is 0.846 bits per heavy atom. The zero-order valence-corrected chi connectivity index (χ0v) is 16.2. The Morgan fingerprint density at radius 2 is 1.38 bits per heavy atom. The topological polar surface area (TPSA) is 90.2 Å². The fourth-order valence-electron chi connectivity index (χ4n) is 2.69. The van der Waals surface area contributed by atoms with Crippen molar-refractivity contribution in [1.29, 1.82) is 0 Å². The summed E-state index contributed by atoms with van der Waals surface area (Å²) in [6.07, 6.45) is 0. The largest absolute Gasteiger partial charge is 0.307 e. The lowest BCUT2D eigenvalue weighted by molar-refractivity contribution is 0.601. The Hall–Kier alpha value is -2.43. The summed E-state index contributed by atoms with van der Waals surface area (Å²) in [6.45, 7) is 0. The smallest absolute Gasteiger partial charge is 0.302 e. The van der Waals surface area contributed by atoms with Crippen molar-refractivity contribution in [3.8, 4) is 0 Å². The van der Waals surface area contributed by atoms with E-state index in [1.807, 2.05) is 0 Å². The molecule has 0 atom stereocenters. The van der Waals surface area contributed by atoms with Crippen LogP contribution in [0.5, 0.6) is 0 Å². The van der Waals surface area contributed by atoms with Gasteiger partial charge in [-0.05, 0) is 36.4 Å². The summed E-state index contributed by atoms with van der Waals surface area (Å²) in [4.78, 5) is 23.3. The molecule has 0 amide bonds. The highest BCUT2D eigenvalue weighted by molar-refractivity contribution is 7.92. The molecule has 7 nitrogen and oxygen atoms in total. The van der Waals surface area contributed by atoms with Gasteiger partial charge in [-0.25, -0.2) is 8.42 Å². The molecule has 0 aliphatic rings. The van der Waals surface area contributed by atoms with Crippen molar-refractivity contribution >= 4 is 58.8 Å². The molecule has 0 fully saturated rings. The number of rotatable bonds is 3. The molecule has 134 valence electrons. The third-order valence-corrected chi connectivity index (χ3v) is 7.49. The summed E-state index contributed by atoms with van der Waals surface area (Å²) >= 11 is 2.06. The van der Waals surface area contributed by atoms with E-state index in [-0.39, 0.29) is 14.6 Å². The van der Waals surface area contributed by atoms with Gasteiger partial charge in [0.05, 0.1) is 31.0 Å². The van der Waals surface area contributed by atoms with E-state index in [1.54, 1.807) is 38.4 Å². The van der Waals surface area contributed by atoms with E-state index in [1.165, 1.54) is 21.3 Å². The van der Waals surface area contributed by atoms with E-state index in [0.29, 0.717) is 20.6 Å². The minimum atomic E-state index is -3.82. The number of nitrogens with zero attached hydrogens (tertiary/aromatic N) is 2. The number of sulfonamides is 1. The van der Waals surface area contributed by atoms with E-state index in [4.69, 9.17) is 0 Å². The van der Waals surface area contributed by atoms with E-state index in [9.17, 15) is 18.0 Å². The van der Waals surface area contributed by atoms with Crippen LogP contribution in [-0.4, -0.2) is 17.6 Å². The molecule has 1 N–H and O–H groups in total. The first kappa shape index (κ1) is 17.0. The molecule has 0 unspecified atom stereocenters. The van der Waals surface area contributed by atoms with E-state index < -0.39 is 10.0 Å². The van der Waals surface area contributed by atoms with Gasteiger partial charge in [-0.2, -0.15) is 0 Å². The predicted molar refractivity (Wildman–Crippen MR) is 105 cm³/mol. The SMILES string of the molecule is Cn1c(=O)sc2cc(NS(=O)(=O)c3ccc4c(c3)sc(=O)n4C)ccc21. The lowest BCUT2D eigenvalue weighted by Crippen LogP contribution is -2.13. The lowest BCUT2D eigenvalue weighted by Gasteiger charge is -2.08. The van der Waals surface area contributed by atoms with Gasteiger partial charge in [-0.15, -0.1) is 0 Å². The number of benzene rings is 2. The maximum Gasteiger partial charge on any atom is 0.307 e. The van der Waals surface area contributed by atoms with Crippen molar-refractivity contribution in [2.24, 2.45) is 14.1 Å². The third-order valence-electron chi connectivity index (χ3n) is 4.12. The van der Waals surface area contributed by atoms with Crippen LogP contribution in [0.1, 0.15) is 0 Å². The second-order valence-electron chi connectivity index (χ2n) is 5.77. The second kappa shape index (κ2) is 5.79.